The molecule has 6 nitrogen and oxygen atoms in total. The SMILES string of the molecule is Cc1nn2ccccc2c1-c1nc(-c2c(F)cccc2CO)c(-c2ncc[nH]2)s1. The maximum atomic E-state index is 14.8. The van der Waals surface area contributed by atoms with Gasteiger partial charge in [-0.1, -0.05) is 18.2 Å². The van der Waals surface area contributed by atoms with E-state index in [1.165, 1.54) is 17.4 Å². The molecular formula is C21H16FN5OS. The number of nitrogens with one attached hydrogen (secondary N) is 1. The fraction of sp³-hybridized carbons (Fsp3) is 0.0952. The number of H-pyrrole nitrogens is 1. The van der Waals surface area contributed by atoms with Crippen LogP contribution in [0.2, 0.25) is 0 Å². The van der Waals surface area contributed by atoms with Gasteiger partial charge < -0.3 is 10.1 Å². The van der Waals surface area contributed by atoms with E-state index in [9.17, 15) is 9.50 Å². The number of aliphatic hydroxyl groups is 1. The molecule has 8 heteroatoms. The lowest BCUT2D eigenvalue weighted by Gasteiger charge is -2.07. The van der Waals surface area contributed by atoms with Crippen LogP contribution in [0.5, 0.6) is 0 Å². The van der Waals surface area contributed by atoms with Gasteiger partial charge in [-0.15, -0.1) is 11.3 Å². The fourth-order valence-corrected chi connectivity index (χ4v) is 4.63. The van der Waals surface area contributed by atoms with Crippen molar-refractivity contribution in [3.63, 3.8) is 0 Å². The lowest BCUT2D eigenvalue weighted by Crippen LogP contribution is -1.95. The van der Waals surface area contributed by atoms with Gasteiger partial charge >= 0.3 is 0 Å². The first kappa shape index (κ1) is 17.7. The van der Waals surface area contributed by atoms with Crippen molar-refractivity contribution in [1.82, 2.24) is 24.6 Å². The molecule has 0 aliphatic rings. The Balaban J connectivity index is 1.81. The van der Waals surface area contributed by atoms with Crippen molar-refractivity contribution in [3.8, 4) is 32.5 Å². The monoisotopic (exact) mass is 405 g/mol. The van der Waals surface area contributed by atoms with Gasteiger partial charge in [-0.25, -0.2) is 18.9 Å². The summed E-state index contributed by atoms with van der Waals surface area (Å²) in [5, 5.41) is 15.1. The van der Waals surface area contributed by atoms with Crippen LogP contribution in [-0.4, -0.2) is 29.7 Å². The third-order valence-electron chi connectivity index (χ3n) is 4.78. The third-order valence-corrected chi connectivity index (χ3v) is 5.86. The number of aromatic amines is 1. The number of pyridine rings is 1. The second-order valence-electron chi connectivity index (χ2n) is 6.56. The number of hydrogen-bond donors (Lipinski definition) is 2. The Morgan fingerprint density at radius 2 is 2.07 bits per heavy atom. The number of benzene rings is 1. The second kappa shape index (κ2) is 6.91. The molecule has 1 aromatic carbocycles. The number of nitrogens with zero attached hydrogens (tertiary/aromatic N) is 4. The van der Waals surface area contributed by atoms with E-state index in [2.05, 4.69) is 15.1 Å². The van der Waals surface area contributed by atoms with Gasteiger partial charge in [0.15, 0.2) is 0 Å². The largest absolute Gasteiger partial charge is 0.392 e. The first-order valence-electron chi connectivity index (χ1n) is 9.01. The van der Waals surface area contributed by atoms with E-state index in [0.717, 1.165) is 21.8 Å². The van der Waals surface area contributed by atoms with E-state index in [0.29, 0.717) is 22.0 Å². The van der Waals surface area contributed by atoms with E-state index in [4.69, 9.17) is 4.98 Å². The van der Waals surface area contributed by atoms with Crippen molar-refractivity contribution in [3.05, 3.63) is 72.1 Å². The minimum Gasteiger partial charge on any atom is -0.392 e. The molecular weight excluding hydrogens is 389 g/mol. The van der Waals surface area contributed by atoms with E-state index in [-0.39, 0.29) is 12.2 Å². The summed E-state index contributed by atoms with van der Waals surface area (Å²) in [5.74, 6) is 0.169. The molecule has 0 saturated carbocycles. The van der Waals surface area contributed by atoms with Gasteiger partial charge in [-0.2, -0.15) is 5.10 Å². The number of imidazole rings is 1. The highest BCUT2D eigenvalue weighted by atomic mass is 32.1. The first-order valence-corrected chi connectivity index (χ1v) is 9.82. The lowest BCUT2D eigenvalue weighted by atomic mass is 10.0. The van der Waals surface area contributed by atoms with Crippen molar-refractivity contribution in [2.75, 3.05) is 0 Å². The molecule has 0 aliphatic carbocycles. The Morgan fingerprint density at radius 3 is 2.86 bits per heavy atom. The minimum absolute atomic E-state index is 0.284. The Hall–Kier alpha value is -3.36. The van der Waals surface area contributed by atoms with Gasteiger partial charge in [-0.05, 0) is 30.7 Å². The van der Waals surface area contributed by atoms with E-state index in [1.54, 1.807) is 29.0 Å². The van der Waals surface area contributed by atoms with Crippen molar-refractivity contribution in [2.24, 2.45) is 0 Å². The minimum atomic E-state index is -0.433. The topological polar surface area (TPSA) is 79.1 Å². The van der Waals surface area contributed by atoms with Crippen molar-refractivity contribution in [2.45, 2.75) is 13.5 Å². The smallest absolute Gasteiger partial charge is 0.149 e. The molecule has 144 valence electrons. The van der Waals surface area contributed by atoms with Crippen LogP contribution in [0.4, 0.5) is 4.39 Å². The van der Waals surface area contributed by atoms with Gasteiger partial charge in [0.05, 0.1) is 34.0 Å². The number of aryl methyl sites for hydroxylation is 1. The molecule has 0 atom stereocenters. The van der Waals surface area contributed by atoms with Crippen molar-refractivity contribution < 1.29 is 9.50 Å². The molecule has 5 rings (SSSR count). The van der Waals surface area contributed by atoms with Gasteiger partial charge in [0.1, 0.15) is 16.6 Å². The summed E-state index contributed by atoms with van der Waals surface area (Å²) in [6.07, 6.45) is 5.25. The Kier molecular flexibility index (Phi) is 4.22. The zero-order valence-corrected chi connectivity index (χ0v) is 16.2. The maximum absolute atomic E-state index is 14.8. The van der Waals surface area contributed by atoms with E-state index < -0.39 is 5.82 Å². The molecule has 2 N–H and O–H groups in total. The third kappa shape index (κ3) is 2.84. The summed E-state index contributed by atoms with van der Waals surface area (Å²) < 4.78 is 16.6. The van der Waals surface area contributed by atoms with Crippen LogP contribution in [0.25, 0.3) is 38.0 Å². The standard InChI is InChI=1S/C21H16FN5OS/c1-12-16(15-7-2-3-10-27(15)26-12)21-25-18(19(29-21)20-23-8-9-24-20)17-13(11-28)5-4-6-14(17)22/h2-10,28H,11H2,1H3,(H,23,24). The van der Waals surface area contributed by atoms with Crippen LogP contribution in [0, 0.1) is 12.7 Å². The normalized spacial score (nSPS) is 11.4. The van der Waals surface area contributed by atoms with Crippen LogP contribution >= 0.6 is 11.3 Å². The number of halogens is 1. The van der Waals surface area contributed by atoms with Gasteiger partial charge in [-0.3, -0.25) is 0 Å². The Morgan fingerprint density at radius 1 is 1.17 bits per heavy atom. The average Bonchev–Trinajstić information content (AvgIpc) is 3.45. The fourth-order valence-electron chi connectivity index (χ4n) is 3.49. The Bertz CT molecular complexity index is 1320. The van der Waals surface area contributed by atoms with Crippen LogP contribution in [-0.2, 0) is 6.61 Å². The molecule has 0 aliphatic heterocycles. The molecule has 0 fully saturated rings. The number of thiazole rings is 1. The quantitative estimate of drug-likeness (QED) is 0.463. The molecule has 0 radical (unpaired) electrons. The second-order valence-corrected chi connectivity index (χ2v) is 7.56. The molecule has 0 bridgehead atoms. The predicted octanol–water partition coefficient (Wildman–Crippen LogP) is 4.45. The number of aromatic nitrogens is 5. The highest BCUT2D eigenvalue weighted by molar-refractivity contribution is 7.19. The molecule has 4 heterocycles. The number of hydrogen-bond acceptors (Lipinski definition) is 5. The zero-order valence-electron chi connectivity index (χ0n) is 15.4. The maximum Gasteiger partial charge on any atom is 0.149 e. The molecule has 5 aromatic rings. The van der Waals surface area contributed by atoms with Crippen LogP contribution < -0.4 is 0 Å². The van der Waals surface area contributed by atoms with Crippen LogP contribution in [0.1, 0.15) is 11.3 Å². The molecule has 0 spiro atoms. The van der Waals surface area contributed by atoms with Crippen LogP contribution in [0.3, 0.4) is 0 Å². The number of fused-ring (bicyclic) bond motifs is 1. The summed E-state index contributed by atoms with van der Waals surface area (Å²) in [5.41, 5.74) is 3.88. The van der Waals surface area contributed by atoms with Gasteiger partial charge in [0.25, 0.3) is 0 Å². The highest BCUT2D eigenvalue weighted by Crippen LogP contribution is 2.43. The average molecular weight is 405 g/mol. The summed E-state index contributed by atoms with van der Waals surface area (Å²) in [4.78, 5) is 13.0. The van der Waals surface area contributed by atoms with Gasteiger partial charge in [0.2, 0.25) is 0 Å². The Labute approximate surface area is 169 Å². The van der Waals surface area contributed by atoms with Gasteiger partial charge in [0, 0.05) is 24.2 Å². The van der Waals surface area contributed by atoms with E-state index in [1.807, 2.05) is 31.3 Å². The number of aliphatic hydroxyl groups excluding tert-OH is 1. The molecule has 0 amide bonds. The number of rotatable bonds is 4. The predicted molar refractivity (Wildman–Crippen MR) is 110 cm³/mol. The van der Waals surface area contributed by atoms with Crippen molar-refractivity contribution >= 4 is 16.9 Å². The molecule has 0 unspecified atom stereocenters. The van der Waals surface area contributed by atoms with E-state index >= 15 is 0 Å². The summed E-state index contributed by atoms with van der Waals surface area (Å²) in [6.45, 7) is 1.64. The lowest BCUT2D eigenvalue weighted by molar-refractivity contribution is 0.282. The van der Waals surface area contributed by atoms with Crippen LogP contribution in [0.15, 0.2) is 55.0 Å². The molecule has 0 saturated heterocycles. The summed E-state index contributed by atoms with van der Waals surface area (Å²) in [6, 6.07) is 10.5. The van der Waals surface area contributed by atoms with Crippen molar-refractivity contribution in [1.29, 1.82) is 0 Å². The zero-order chi connectivity index (χ0) is 20.0. The summed E-state index contributed by atoms with van der Waals surface area (Å²) in [7, 11) is 0. The molecule has 29 heavy (non-hydrogen) atoms. The molecule has 4 aromatic heterocycles. The summed E-state index contributed by atoms with van der Waals surface area (Å²) >= 11 is 1.42. The first-order chi connectivity index (χ1) is 14.2. The highest BCUT2D eigenvalue weighted by Gasteiger charge is 2.24.